The Kier molecular flexibility index (Phi) is 2.95. The van der Waals surface area contributed by atoms with E-state index in [0.29, 0.717) is 0 Å². The molecule has 0 unspecified atom stereocenters. The second kappa shape index (κ2) is 4.40. The Hall–Kier alpha value is -0.860. The zero-order valence-electron chi connectivity index (χ0n) is 7.53. The molecule has 1 saturated heterocycles. The molecule has 1 radical (unpaired) electrons. The first-order chi connectivity index (χ1) is 6.45. The second-order valence-corrected chi connectivity index (χ2v) is 3.10. The molecule has 13 heavy (non-hydrogen) atoms. The standard InChI is InChI=1S/C11H13O2/c1-2-4-10(5-3-1)6-7-11-12-8-9-13-11/h1-4,11H,6-9H2. The van der Waals surface area contributed by atoms with E-state index < -0.39 is 0 Å². The predicted molar refractivity (Wildman–Crippen MR) is 49.3 cm³/mol. The second-order valence-electron chi connectivity index (χ2n) is 3.10. The summed E-state index contributed by atoms with van der Waals surface area (Å²) in [5, 5.41) is 0. The Morgan fingerprint density at radius 3 is 2.85 bits per heavy atom. The maximum Gasteiger partial charge on any atom is 0.158 e. The van der Waals surface area contributed by atoms with Crippen molar-refractivity contribution in [3.05, 3.63) is 35.9 Å². The van der Waals surface area contributed by atoms with Gasteiger partial charge in [-0.05, 0) is 18.1 Å². The molecule has 1 aliphatic rings. The fourth-order valence-corrected chi connectivity index (χ4v) is 1.43. The van der Waals surface area contributed by atoms with Crippen molar-refractivity contribution in [3.63, 3.8) is 0 Å². The molecule has 1 aromatic rings. The van der Waals surface area contributed by atoms with Gasteiger partial charge in [0.2, 0.25) is 0 Å². The lowest BCUT2D eigenvalue weighted by molar-refractivity contribution is -0.0462. The van der Waals surface area contributed by atoms with Gasteiger partial charge in [-0.25, -0.2) is 0 Å². The van der Waals surface area contributed by atoms with E-state index in [1.807, 2.05) is 18.2 Å². The van der Waals surface area contributed by atoms with Crippen molar-refractivity contribution in [2.75, 3.05) is 13.2 Å². The Balaban J connectivity index is 1.79. The maximum absolute atomic E-state index is 5.34. The van der Waals surface area contributed by atoms with Crippen molar-refractivity contribution < 1.29 is 9.47 Å². The summed E-state index contributed by atoms with van der Waals surface area (Å²) in [4.78, 5) is 0. The Bertz CT molecular complexity index is 240. The average molecular weight is 177 g/mol. The molecule has 0 spiro atoms. The van der Waals surface area contributed by atoms with Gasteiger partial charge >= 0.3 is 0 Å². The van der Waals surface area contributed by atoms with E-state index in [-0.39, 0.29) is 6.29 Å². The lowest BCUT2D eigenvalue weighted by Gasteiger charge is -2.07. The van der Waals surface area contributed by atoms with Crippen LogP contribution in [0.2, 0.25) is 0 Å². The highest BCUT2D eigenvalue weighted by atomic mass is 16.7. The Morgan fingerprint density at radius 1 is 1.31 bits per heavy atom. The zero-order chi connectivity index (χ0) is 8.93. The van der Waals surface area contributed by atoms with Crippen molar-refractivity contribution in [2.24, 2.45) is 0 Å². The SMILES string of the molecule is [c]1ccccc1CCC1OCCO1. The van der Waals surface area contributed by atoms with Crippen LogP contribution in [0.25, 0.3) is 0 Å². The highest BCUT2D eigenvalue weighted by molar-refractivity contribution is 5.12. The third kappa shape index (κ3) is 2.54. The lowest BCUT2D eigenvalue weighted by Crippen LogP contribution is -2.08. The minimum Gasteiger partial charge on any atom is -0.350 e. The quantitative estimate of drug-likeness (QED) is 0.700. The predicted octanol–water partition coefficient (Wildman–Crippen LogP) is 1.79. The Morgan fingerprint density at radius 2 is 2.15 bits per heavy atom. The summed E-state index contributed by atoms with van der Waals surface area (Å²) >= 11 is 0. The molecule has 1 aromatic carbocycles. The number of hydrogen-bond acceptors (Lipinski definition) is 2. The first-order valence-corrected chi connectivity index (χ1v) is 4.64. The van der Waals surface area contributed by atoms with Crippen molar-refractivity contribution in [1.29, 1.82) is 0 Å². The monoisotopic (exact) mass is 177 g/mol. The topological polar surface area (TPSA) is 18.5 Å². The molecule has 0 amide bonds. The molecular weight excluding hydrogens is 164 g/mol. The van der Waals surface area contributed by atoms with Gasteiger partial charge in [0, 0.05) is 6.42 Å². The van der Waals surface area contributed by atoms with E-state index >= 15 is 0 Å². The minimum atomic E-state index is 0.00797. The molecule has 0 atom stereocenters. The van der Waals surface area contributed by atoms with Gasteiger partial charge in [0.15, 0.2) is 6.29 Å². The van der Waals surface area contributed by atoms with Crippen LogP contribution in [0.5, 0.6) is 0 Å². The number of hydrogen-bond donors (Lipinski definition) is 0. The van der Waals surface area contributed by atoms with E-state index in [1.54, 1.807) is 0 Å². The molecule has 0 bridgehead atoms. The molecule has 69 valence electrons. The summed E-state index contributed by atoms with van der Waals surface area (Å²) in [5.41, 5.74) is 1.22. The van der Waals surface area contributed by atoms with E-state index in [9.17, 15) is 0 Å². The third-order valence-electron chi connectivity index (χ3n) is 2.11. The van der Waals surface area contributed by atoms with Crippen LogP contribution in [-0.2, 0) is 15.9 Å². The van der Waals surface area contributed by atoms with Crippen molar-refractivity contribution in [1.82, 2.24) is 0 Å². The van der Waals surface area contributed by atoms with Gasteiger partial charge in [-0.15, -0.1) is 0 Å². The fraction of sp³-hybridized carbons (Fsp3) is 0.455. The molecule has 2 rings (SSSR count). The molecule has 0 N–H and O–H groups in total. The summed E-state index contributed by atoms with van der Waals surface area (Å²) in [7, 11) is 0. The minimum absolute atomic E-state index is 0.00797. The molecule has 1 fully saturated rings. The molecular formula is C11H13O2. The molecule has 2 nitrogen and oxygen atoms in total. The van der Waals surface area contributed by atoms with Crippen LogP contribution < -0.4 is 0 Å². The molecule has 2 heteroatoms. The largest absolute Gasteiger partial charge is 0.350 e. The van der Waals surface area contributed by atoms with Gasteiger partial charge in [-0.1, -0.05) is 24.3 Å². The van der Waals surface area contributed by atoms with E-state index in [4.69, 9.17) is 9.47 Å². The summed E-state index contributed by atoms with van der Waals surface area (Å²) in [6.07, 6.45) is 1.92. The van der Waals surface area contributed by atoms with Crippen LogP contribution in [0.1, 0.15) is 12.0 Å². The summed E-state index contributed by atoms with van der Waals surface area (Å²) in [6.45, 7) is 1.48. The third-order valence-corrected chi connectivity index (χ3v) is 2.11. The number of ether oxygens (including phenoxy) is 2. The highest BCUT2D eigenvalue weighted by Gasteiger charge is 2.14. The molecule has 0 saturated carbocycles. The lowest BCUT2D eigenvalue weighted by atomic mass is 10.1. The van der Waals surface area contributed by atoms with Crippen molar-refractivity contribution in [3.8, 4) is 0 Å². The normalized spacial score (nSPS) is 17.8. The zero-order valence-corrected chi connectivity index (χ0v) is 7.53. The maximum atomic E-state index is 5.34. The smallest absolute Gasteiger partial charge is 0.158 e. The van der Waals surface area contributed by atoms with Gasteiger partial charge in [0.05, 0.1) is 13.2 Å². The molecule has 0 aliphatic carbocycles. The molecule has 0 aromatic heterocycles. The first kappa shape index (κ1) is 8.73. The van der Waals surface area contributed by atoms with Crippen LogP contribution in [-0.4, -0.2) is 19.5 Å². The van der Waals surface area contributed by atoms with Crippen LogP contribution in [0, 0.1) is 6.07 Å². The summed E-state index contributed by atoms with van der Waals surface area (Å²) < 4.78 is 10.7. The van der Waals surface area contributed by atoms with Gasteiger partial charge in [-0.3, -0.25) is 0 Å². The van der Waals surface area contributed by atoms with E-state index in [0.717, 1.165) is 26.1 Å². The van der Waals surface area contributed by atoms with Gasteiger partial charge in [0.25, 0.3) is 0 Å². The Labute approximate surface area is 78.5 Å². The number of benzene rings is 1. The number of aryl methyl sites for hydroxylation is 1. The van der Waals surface area contributed by atoms with Crippen molar-refractivity contribution in [2.45, 2.75) is 19.1 Å². The van der Waals surface area contributed by atoms with Crippen LogP contribution in [0.4, 0.5) is 0 Å². The fourth-order valence-electron chi connectivity index (χ4n) is 1.43. The number of rotatable bonds is 3. The van der Waals surface area contributed by atoms with E-state index in [1.165, 1.54) is 5.56 Å². The molecule has 1 aliphatic heterocycles. The molecule has 1 heterocycles. The van der Waals surface area contributed by atoms with Crippen LogP contribution in [0.15, 0.2) is 24.3 Å². The van der Waals surface area contributed by atoms with E-state index in [2.05, 4.69) is 12.1 Å². The summed E-state index contributed by atoms with van der Waals surface area (Å²) in [5.74, 6) is 0. The highest BCUT2D eigenvalue weighted by Crippen LogP contribution is 2.11. The van der Waals surface area contributed by atoms with Crippen molar-refractivity contribution >= 4 is 0 Å². The van der Waals surface area contributed by atoms with Crippen LogP contribution >= 0.6 is 0 Å². The van der Waals surface area contributed by atoms with Gasteiger partial charge in [0.1, 0.15) is 0 Å². The van der Waals surface area contributed by atoms with Crippen LogP contribution in [0.3, 0.4) is 0 Å². The first-order valence-electron chi connectivity index (χ1n) is 4.64. The van der Waals surface area contributed by atoms with Gasteiger partial charge in [-0.2, -0.15) is 0 Å². The van der Waals surface area contributed by atoms with Gasteiger partial charge < -0.3 is 9.47 Å². The summed E-state index contributed by atoms with van der Waals surface area (Å²) in [6, 6.07) is 11.2. The average Bonchev–Trinajstić information content (AvgIpc) is 2.69.